The third-order valence-corrected chi connectivity index (χ3v) is 5.67. The molecule has 2 aromatic carbocycles. The molecule has 0 aliphatic carbocycles. The highest BCUT2D eigenvalue weighted by molar-refractivity contribution is 6.30. The summed E-state index contributed by atoms with van der Waals surface area (Å²) in [5.74, 6) is -0.472. The van der Waals surface area contributed by atoms with Crippen molar-refractivity contribution in [3.63, 3.8) is 0 Å². The lowest BCUT2D eigenvalue weighted by molar-refractivity contribution is -0.126. The summed E-state index contributed by atoms with van der Waals surface area (Å²) in [6.07, 6.45) is 0.227. The average molecular weight is 414 g/mol. The van der Waals surface area contributed by atoms with Crippen LogP contribution in [0.5, 0.6) is 0 Å². The number of morpholine rings is 1. The van der Waals surface area contributed by atoms with Gasteiger partial charge in [0, 0.05) is 49.0 Å². The van der Waals surface area contributed by atoms with E-state index in [9.17, 15) is 9.59 Å². The molecule has 1 N–H and O–H groups in total. The molecule has 6 nitrogen and oxygen atoms in total. The van der Waals surface area contributed by atoms with Gasteiger partial charge in [0.2, 0.25) is 11.8 Å². The molecule has 0 radical (unpaired) electrons. The molecule has 0 saturated carbocycles. The van der Waals surface area contributed by atoms with Gasteiger partial charge in [-0.15, -0.1) is 0 Å². The number of rotatable bonds is 5. The van der Waals surface area contributed by atoms with Crippen molar-refractivity contribution in [2.75, 3.05) is 42.6 Å². The van der Waals surface area contributed by atoms with Gasteiger partial charge in [0.05, 0.1) is 19.1 Å². The number of carbonyl (C=O) groups excluding carboxylic acids is 2. The third kappa shape index (κ3) is 4.71. The first kappa shape index (κ1) is 19.7. The summed E-state index contributed by atoms with van der Waals surface area (Å²) in [4.78, 5) is 28.9. The van der Waals surface area contributed by atoms with Crippen molar-refractivity contribution in [3.8, 4) is 0 Å². The van der Waals surface area contributed by atoms with Crippen LogP contribution in [0.25, 0.3) is 0 Å². The van der Waals surface area contributed by atoms with E-state index in [0.717, 1.165) is 37.6 Å². The smallest absolute Gasteiger partial charge is 0.227 e. The van der Waals surface area contributed by atoms with Crippen LogP contribution in [-0.4, -0.2) is 44.7 Å². The van der Waals surface area contributed by atoms with Crippen LogP contribution in [0.1, 0.15) is 12.0 Å². The molecule has 4 rings (SSSR count). The fraction of sp³-hybridized carbons (Fsp3) is 0.364. The first-order chi connectivity index (χ1) is 14.1. The van der Waals surface area contributed by atoms with E-state index in [0.29, 0.717) is 18.1 Å². The molecule has 0 aromatic heterocycles. The maximum absolute atomic E-state index is 12.6. The van der Waals surface area contributed by atoms with Crippen LogP contribution in [0.15, 0.2) is 48.5 Å². The van der Waals surface area contributed by atoms with Crippen molar-refractivity contribution < 1.29 is 14.3 Å². The Morgan fingerprint density at radius 1 is 1.03 bits per heavy atom. The number of hydrogen-bond acceptors (Lipinski definition) is 4. The second-order valence-corrected chi connectivity index (χ2v) is 7.80. The van der Waals surface area contributed by atoms with Crippen molar-refractivity contribution >= 4 is 34.8 Å². The van der Waals surface area contributed by atoms with Crippen LogP contribution >= 0.6 is 11.6 Å². The number of carbonyl (C=O) groups is 2. The van der Waals surface area contributed by atoms with Gasteiger partial charge in [-0.1, -0.05) is 23.7 Å². The maximum Gasteiger partial charge on any atom is 0.227 e. The number of nitrogens with one attached hydrogen (secondary N) is 1. The van der Waals surface area contributed by atoms with E-state index < -0.39 is 0 Å². The van der Waals surface area contributed by atoms with Crippen LogP contribution in [0, 0.1) is 5.92 Å². The summed E-state index contributed by atoms with van der Waals surface area (Å²) in [6, 6.07) is 15.3. The van der Waals surface area contributed by atoms with Crippen LogP contribution in [0.2, 0.25) is 5.02 Å². The molecule has 2 amide bonds. The van der Waals surface area contributed by atoms with Gasteiger partial charge in [-0.2, -0.15) is 0 Å². The van der Waals surface area contributed by atoms with E-state index >= 15 is 0 Å². The number of ether oxygens (including phenoxy) is 1. The second-order valence-electron chi connectivity index (χ2n) is 7.37. The van der Waals surface area contributed by atoms with Crippen molar-refractivity contribution in [2.45, 2.75) is 13.0 Å². The van der Waals surface area contributed by atoms with E-state index in [1.54, 1.807) is 29.2 Å². The minimum atomic E-state index is -0.342. The number of benzene rings is 2. The van der Waals surface area contributed by atoms with Gasteiger partial charge in [0.1, 0.15) is 0 Å². The standard InChI is InChI=1S/C22H24ClN3O3/c23-18-3-7-20(8-4-18)26-15-17(13-21(26)27)22(28)24-14-16-1-5-19(6-2-16)25-9-11-29-12-10-25/h1-8,17H,9-15H2,(H,24,28). The number of hydrogen-bond donors (Lipinski definition) is 1. The minimum Gasteiger partial charge on any atom is -0.378 e. The van der Waals surface area contributed by atoms with E-state index in [2.05, 4.69) is 22.3 Å². The molecule has 2 aliphatic heterocycles. The molecule has 2 aliphatic rings. The maximum atomic E-state index is 12.6. The lowest BCUT2D eigenvalue weighted by Crippen LogP contribution is -2.36. The molecule has 2 aromatic rings. The first-order valence-electron chi connectivity index (χ1n) is 9.85. The van der Waals surface area contributed by atoms with Crippen LogP contribution < -0.4 is 15.1 Å². The number of halogens is 1. The Balaban J connectivity index is 1.30. The fourth-order valence-electron chi connectivity index (χ4n) is 3.73. The summed E-state index contributed by atoms with van der Waals surface area (Å²) in [6.45, 7) is 4.15. The first-order valence-corrected chi connectivity index (χ1v) is 10.2. The summed E-state index contributed by atoms with van der Waals surface area (Å²) in [5.41, 5.74) is 2.98. The number of anilines is 2. The monoisotopic (exact) mass is 413 g/mol. The van der Waals surface area contributed by atoms with Crippen molar-refractivity contribution in [2.24, 2.45) is 5.92 Å². The van der Waals surface area contributed by atoms with E-state index in [1.807, 2.05) is 12.1 Å². The van der Waals surface area contributed by atoms with Crippen molar-refractivity contribution in [1.82, 2.24) is 5.32 Å². The molecule has 0 bridgehead atoms. The highest BCUT2D eigenvalue weighted by Gasteiger charge is 2.34. The molecular formula is C22H24ClN3O3. The SMILES string of the molecule is O=C(NCc1ccc(N2CCOCC2)cc1)C1CC(=O)N(c2ccc(Cl)cc2)C1. The summed E-state index contributed by atoms with van der Waals surface area (Å²) < 4.78 is 5.38. The number of nitrogens with zero attached hydrogens (tertiary/aromatic N) is 2. The fourth-order valence-corrected chi connectivity index (χ4v) is 3.86. The molecule has 0 spiro atoms. The topological polar surface area (TPSA) is 61.9 Å². The highest BCUT2D eigenvalue weighted by atomic mass is 35.5. The summed E-state index contributed by atoms with van der Waals surface area (Å²) in [7, 11) is 0. The average Bonchev–Trinajstić information content (AvgIpc) is 3.15. The molecule has 7 heteroatoms. The zero-order chi connectivity index (χ0) is 20.2. The van der Waals surface area contributed by atoms with Crippen LogP contribution in [-0.2, 0) is 20.9 Å². The third-order valence-electron chi connectivity index (χ3n) is 5.41. The molecule has 152 valence electrons. The summed E-state index contributed by atoms with van der Waals surface area (Å²) in [5, 5.41) is 3.59. The Bertz CT molecular complexity index is 864. The molecule has 1 atom stereocenters. The molecule has 2 heterocycles. The van der Waals surface area contributed by atoms with Crippen molar-refractivity contribution in [1.29, 1.82) is 0 Å². The van der Waals surface area contributed by atoms with Gasteiger partial charge >= 0.3 is 0 Å². The van der Waals surface area contributed by atoms with Gasteiger partial charge in [0.15, 0.2) is 0 Å². The van der Waals surface area contributed by atoms with Crippen LogP contribution in [0.4, 0.5) is 11.4 Å². The van der Waals surface area contributed by atoms with E-state index in [-0.39, 0.29) is 24.2 Å². The van der Waals surface area contributed by atoms with Gasteiger partial charge in [0.25, 0.3) is 0 Å². The zero-order valence-electron chi connectivity index (χ0n) is 16.1. The zero-order valence-corrected chi connectivity index (χ0v) is 16.9. The van der Waals surface area contributed by atoms with Gasteiger partial charge in [-0.3, -0.25) is 9.59 Å². The van der Waals surface area contributed by atoms with Crippen LogP contribution in [0.3, 0.4) is 0 Å². The Kier molecular flexibility index (Phi) is 6.02. The lowest BCUT2D eigenvalue weighted by Gasteiger charge is -2.28. The normalized spacial score (nSPS) is 19.5. The quantitative estimate of drug-likeness (QED) is 0.818. The molecule has 1 unspecified atom stereocenters. The molecule has 2 fully saturated rings. The highest BCUT2D eigenvalue weighted by Crippen LogP contribution is 2.26. The number of amides is 2. The minimum absolute atomic E-state index is 0.0395. The molecule has 2 saturated heterocycles. The predicted molar refractivity (Wildman–Crippen MR) is 113 cm³/mol. The van der Waals surface area contributed by atoms with E-state index in [1.165, 1.54) is 5.69 Å². The molecular weight excluding hydrogens is 390 g/mol. The Morgan fingerprint density at radius 3 is 2.38 bits per heavy atom. The Labute approximate surface area is 175 Å². The molecule has 29 heavy (non-hydrogen) atoms. The second kappa shape index (κ2) is 8.84. The summed E-state index contributed by atoms with van der Waals surface area (Å²) >= 11 is 5.91. The van der Waals surface area contributed by atoms with Gasteiger partial charge < -0.3 is 19.9 Å². The van der Waals surface area contributed by atoms with Gasteiger partial charge in [-0.05, 0) is 42.0 Å². The Hall–Kier alpha value is -2.57. The van der Waals surface area contributed by atoms with E-state index in [4.69, 9.17) is 16.3 Å². The van der Waals surface area contributed by atoms with Gasteiger partial charge in [-0.25, -0.2) is 0 Å². The predicted octanol–water partition coefficient (Wildman–Crippen LogP) is 2.85. The Morgan fingerprint density at radius 2 is 1.69 bits per heavy atom. The largest absolute Gasteiger partial charge is 0.378 e. The van der Waals surface area contributed by atoms with Crippen molar-refractivity contribution in [3.05, 3.63) is 59.1 Å². The lowest BCUT2D eigenvalue weighted by atomic mass is 10.1.